The smallest absolute Gasteiger partial charge is 0.196 e. The van der Waals surface area contributed by atoms with Crippen molar-refractivity contribution in [2.45, 2.75) is 45.0 Å². The molecular weight excluding hydrogens is 192 g/mol. The predicted molar refractivity (Wildman–Crippen MR) is 54.5 cm³/mol. The van der Waals surface area contributed by atoms with Gasteiger partial charge < -0.3 is 9.47 Å². The Morgan fingerprint density at radius 1 is 1.47 bits per heavy atom. The van der Waals surface area contributed by atoms with Crippen LogP contribution in [-0.2, 0) is 14.3 Å². The summed E-state index contributed by atoms with van der Waals surface area (Å²) in [4.78, 5) is 12.3. The van der Waals surface area contributed by atoms with Crippen molar-refractivity contribution in [3.05, 3.63) is 11.6 Å². The number of epoxide rings is 2. The van der Waals surface area contributed by atoms with E-state index in [9.17, 15) is 4.79 Å². The van der Waals surface area contributed by atoms with Crippen LogP contribution in [0, 0.1) is 5.41 Å². The second kappa shape index (κ2) is 2.20. The van der Waals surface area contributed by atoms with E-state index in [2.05, 4.69) is 20.8 Å². The van der Waals surface area contributed by atoms with Gasteiger partial charge >= 0.3 is 0 Å². The summed E-state index contributed by atoms with van der Waals surface area (Å²) in [6, 6.07) is 0. The first kappa shape index (κ1) is 9.55. The summed E-state index contributed by atoms with van der Waals surface area (Å²) in [5.74, 6) is 0.131. The van der Waals surface area contributed by atoms with Gasteiger partial charge in [-0.25, -0.2) is 0 Å². The van der Waals surface area contributed by atoms with E-state index in [0.717, 1.165) is 5.57 Å². The normalized spacial score (nSPS) is 47.6. The molecule has 82 valence electrons. The van der Waals surface area contributed by atoms with Crippen LogP contribution < -0.4 is 0 Å². The van der Waals surface area contributed by atoms with E-state index in [-0.39, 0.29) is 22.9 Å². The van der Waals surface area contributed by atoms with Crippen molar-refractivity contribution in [1.82, 2.24) is 0 Å². The minimum absolute atomic E-state index is 0.0759. The van der Waals surface area contributed by atoms with Crippen molar-refractivity contribution < 1.29 is 14.3 Å². The topological polar surface area (TPSA) is 42.1 Å². The molecule has 3 nitrogen and oxygen atoms in total. The van der Waals surface area contributed by atoms with Crippen LogP contribution in [0.1, 0.15) is 27.7 Å². The third kappa shape index (κ3) is 0.955. The van der Waals surface area contributed by atoms with Crippen LogP contribution in [-0.4, -0.2) is 29.7 Å². The van der Waals surface area contributed by atoms with Gasteiger partial charge in [0.15, 0.2) is 11.4 Å². The maximum absolute atomic E-state index is 12.3. The number of carbonyl (C=O) groups excluding carboxylic acids is 1. The Morgan fingerprint density at radius 3 is 2.53 bits per heavy atom. The van der Waals surface area contributed by atoms with Crippen molar-refractivity contribution in [2.24, 2.45) is 5.41 Å². The Morgan fingerprint density at radius 2 is 2.07 bits per heavy atom. The van der Waals surface area contributed by atoms with E-state index in [1.54, 1.807) is 0 Å². The van der Waals surface area contributed by atoms with E-state index < -0.39 is 5.60 Å². The van der Waals surface area contributed by atoms with Crippen molar-refractivity contribution >= 4 is 5.78 Å². The summed E-state index contributed by atoms with van der Waals surface area (Å²) in [5, 5.41) is 0. The highest BCUT2D eigenvalue weighted by Gasteiger charge is 2.78. The van der Waals surface area contributed by atoms with Gasteiger partial charge in [-0.1, -0.05) is 20.8 Å². The first-order valence-corrected chi connectivity index (χ1v) is 5.40. The lowest BCUT2D eigenvalue weighted by molar-refractivity contribution is -0.123. The molecule has 0 saturated carbocycles. The van der Waals surface area contributed by atoms with Crippen molar-refractivity contribution in [1.29, 1.82) is 0 Å². The summed E-state index contributed by atoms with van der Waals surface area (Å²) in [6.45, 7) is 8.65. The first-order valence-electron chi connectivity index (χ1n) is 5.40. The van der Waals surface area contributed by atoms with Gasteiger partial charge in [0, 0.05) is 5.57 Å². The maximum Gasteiger partial charge on any atom is 0.196 e. The largest absolute Gasteiger partial charge is 0.358 e. The molecule has 2 saturated heterocycles. The zero-order valence-corrected chi connectivity index (χ0v) is 9.59. The third-order valence-electron chi connectivity index (χ3n) is 3.83. The van der Waals surface area contributed by atoms with Crippen LogP contribution in [0.25, 0.3) is 0 Å². The van der Waals surface area contributed by atoms with Crippen molar-refractivity contribution in [3.8, 4) is 0 Å². The molecule has 15 heavy (non-hydrogen) atoms. The van der Waals surface area contributed by atoms with Gasteiger partial charge in [-0.05, 0) is 18.4 Å². The van der Waals surface area contributed by atoms with Gasteiger partial charge in [0.2, 0.25) is 0 Å². The maximum atomic E-state index is 12.3. The molecule has 1 aliphatic carbocycles. The second-order valence-corrected chi connectivity index (χ2v) is 5.92. The fourth-order valence-electron chi connectivity index (χ4n) is 2.50. The summed E-state index contributed by atoms with van der Waals surface area (Å²) >= 11 is 0. The molecule has 0 aromatic carbocycles. The standard InChI is InChI=1S/C12H16O3/c1-10(2,3)7-5-8-11(4,15-8)12(6-14-12)9(7)13/h5,8H,6H2,1-4H3. The van der Waals surface area contributed by atoms with Gasteiger partial charge in [-0.3, -0.25) is 4.79 Å². The number of carbonyl (C=O) groups is 1. The Bertz CT molecular complexity index is 384. The van der Waals surface area contributed by atoms with E-state index in [4.69, 9.17) is 9.47 Å². The van der Waals surface area contributed by atoms with Gasteiger partial charge in [-0.15, -0.1) is 0 Å². The highest BCUT2D eigenvalue weighted by atomic mass is 16.7. The number of hydrogen-bond acceptors (Lipinski definition) is 3. The molecule has 0 bridgehead atoms. The number of rotatable bonds is 0. The van der Waals surface area contributed by atoms with Crippen LogP contribution in [0.15, 0.2) is 11.6 Å². The Labute approximate surface area is 89.4 Å². The molecule has 0 amide bonds. The molecule has 3 rings (SSSR count). The summed E-state index contributed by atoms with van der Waals surface area (Å²) in [7, 11) is 0. The Balaban J connectivity index is 2.07. The fraction of sp³-hybridized carbons (Fsp3) is 0.750. The number of ketones is 1. The second-order valence-electron chi connectivity index (χ2n) is 5.92. The number of fused-ring (bicyclic) bond motifs is 2. The van der Waals surface area contributed by atoms with Gasteiger partial charge in [0.05, 0.1) is 6.61 Å². The van der Waals surface area contributed by atoms with Gasteiger partial charge in [0.1, 0.15) is 11.7 Å². The number of ether oxygens (including phenoxy) is 2. The molecule has 2 heterocycles. The summed E-state index contributed by atoms with van der Waals surface area (Å²) in [6.07, 6.45) is 2.06. The van der Waals surface area contributed by atoms with Crippen LogP contribution in [0.3, 0.4) is 0 Å². The third-order valence-corrected chi connectivity index (χ3v) is 3.83. The molecule has 2 aliphatic heterocycles. The zero-order valence-electron chi connectivity index (χ0n) is 9.59. The van der Waals surface area contributed by atoms with Gasteiger partial charge in [-0.2, -0.15) is 0 Å². The van der Waals surface area contributed by atoms with Crippen molar-refractivity contribution in [3.63, 3.8) is 0 Å². The molecule has 3 unspecified atom stereocenters. The van der Waals surface area contributed by atoms with Gasteiger partial charge in [0.25, 0.3) is 0 Å². The zero-order chi connectivity index (χ0) is 11.1. The molecule has 0 radical (unpaired) electrons. The van der Waals surface area contributed by atoms with Crippen molar-refractivity contribution in [2.75, 3.05) is 6.61 Å². The predicted octanol–water partition coefficient (Wildman–Crippen LogP) is 1.47. The van der Waals surface area contributed by atoms with E-state index in [1.807, 2.05) is 13.0 Å². The molecule has 0 aromatic rings. The van der Waals surface area contributed by atoms with Crippen LogP contribution in [0.4, 0.5) is 0 Å². The Hall–Kier alpha value is -0.670. The number of hydrogen-bond donors (Lipinski definition) is 0. The average molecular weight is 208 g/mol. The fourth-order valence-corrected chi connectivity index (χ4v) is 2.50. The lowest BCUT2D eigenvalue weighted by Crippen LogP contribution is -2.46. The van der Waals surface area contributed by atoms with E-state index in [0.29, 0.717) is 6.61 Å². The van der Waals surface area contributed by atoms with E-state index in [1.165, 1.54) is 0 Å². The quantitative estimate of drug-likeness (QED) is 0.566. The minimum atomic E-state index is -0.644. The average Bonchev–Trinajstić information content (AvgIpc) is 2.92. The SMILES string of the molecule is CC(C)(C)C1=CC2OC2(C)C2(CO2)C1=O. The molecule has 2 fully saturated rings. The molecule has 3 atom stereocenters. The molecule has 0 N–H and O–H groups in total. The Kier molecular flexibility index (Phi) is 1.40. The first-order chi connectivity index (χ1) is 6.81. The highest BCUT2D eigenvalue weighted by molar-refractivity contribution is 6.07. The number of Topliss-reactive ketones (excluding diaryl/α,β-unsaturated/α-hetero) is 1. The molecule has 3 aliphatic rings. The van der Waals surface area contributed by atoms with Crippen LogP contribution in [0.2, 0.25) is 0 Å². The van der Waals surface area contributed by atoms with E-state index >= 15 is 0 Å². The molecule has 0 aromatic heterocycles. The highest BCUT2D eigenvalue weighted by Crippen LogP contribution is 2.59. The van der Waals surface area contributed by atoms with Crippen LogP contribution >= 0.6 is 0 Å². The minimum Gasteiger partial charge on any atom is -0.358 e. The monoisotopic (exact) mass is 208 g/mol. The van der Waals surface area contributed by atoms with Crippen LogP contribution in [0.5, 0.6) is 0 Å². The summed E-state index contributed by atoms with van der Waals surface area (Å²) in [5.41, 5.74) is -0.281. The molecule has 3 heteroatoms. The molecular formula is C12H16O3. The lowest BCUT2D eigenvalue weighted by atomic mass is 9.71. The summed E-state index contributed by atoms with van der Waals surface area (Å²) < 4.78 is 11.0. The lowest BCUT2D eigenvalue weighted by Gasteiger charge is -2.28. The molecule has 1 spiro atoms.